The van der Waals surface area contributed by atoms with Crippen molar-refractivity contribution in [2.75, 3.05) is 7.05 Å². The number of carbonyl (C=O) groups is 1. The number of carbonyl (C=O) groups excluding carboxylic acids is 1. The van der Waals surface area contributed by atoms with E-state index in [1.165, 1.54) is 11.1 Å². The van der Waals surface area contributed by atoms with Gasteiger partial charge in [-0.05, 0) is 30.4 Å². The van der Waals surface area contributed by atoms with Crippen molar-refractivity contribution in [2.45, 2.75) is 25.3 Å². The summed E-state index contributed by atoms with van der Waals surface area (Å²) in [6, 6.07) is 8.64. The Kier molecular flexibility index (Phi) is 2.90. The Morgan fingerprint density at radius 2 is 2.07 bits per heavy atom. The summed E-state index contributed by atoms with van der Waals surface area (Å²) < 4.78 is 0. The zero-order chi connectivity index (χ0) is 10.7. The number of aryl methyl sites for hydroxylation is 1. The average molecular weight is 204 g/mol. The van der Waals surface area contributed by atoms with Gasteiger partial charge < -0.3 is 10.6 Å². The Balaban J connectivity index is 2.02. The molecular formula is C12H16N2O. The van der Waals surface area contributed by atoms with Crippen LogP contribution in [-0.2, 0) is 12.8 Å². The molecular weight excluding hydrogens is 188 g/mol. The van der Waals surface area contributed by atoms with Crippen molar-refractivity contribution >= 4 is 6.03 Å². The monoisotopic (exact) mass is 204 g/mol. The quantitative estimate of drug-likeness (QED) is 0.714. The van der Waals surface area contributed by atoms with Gasteiger partial charge in [-0.1, -0.05) is 24.3 Å². The van der Waals surface area contributed by atoms with Crippen LogP contribution in [0.25, 0.3) is 0 Å². The summed E-state index contributed by atoms with van der Waals surface area (Å²) in [4.78, 5) is 11.2. The first-order valence-corrected chi connectivity index (χ1v) is 5.34. The number of hydrogen-bond acceptors (Lipinski definition) is 1. The van der Waals surface area contributed by atoms with E-state index in [-0.39, 0.29) is 12.1 Å². The van der Waals surface area contributed by atoms with Crippen LogP contribution in [-0.4, -0.2) is 19.1 Å². The normalized spacial score (nSPS) is 19.1. The molecule has 0 aliphatic heterocycles. The van der Waals surface area contributed by atoms with Crippen molar-refractivity contribution in [2.24, 2.45) is 0 Å². The highest BCUT2D eigenvalue weighted by Gasteiger charge is 2.18. The lowest BCUT2D eigenvalue weighted by atomic mass is 9.88. The third kappa shape index (κ3) is 2.29. The first-order valence-electron chi connectivity index (χ1n) is 5.34. The Labute approximate surface area is 89.9 Å². The number of urea groups is 1. The van der Waals surface area contributed by atoms with Crippen LogP contribution in [0.1, 0.15) is 17.5 Å². The van der Waals surface area contributed by atoms with Gasteiger partial charge in [0.2, 0.25) is 0 Å². The summed E-state index contributed by atoms with van der Waals surface area (Å²) in [7, 11) is 1.64. The highest BCUT2D eigenvalue weighted by molar-refractivity contribution is 5.73. The lowest BCUT2D eigenvalue weighted by molar-refractivity contribution is 0.237. The molecule has 1 aliphatic carbocycles. The smallest absolute Gasteiger partial charge is 0.314 e. The second-order valence-electron chi connectivity index (χ2n) is 3.93. The molecule has 1 aromatic rings. The molecule has 0 bridgehead atoms. The summed E-state index contributed by atoms with van der Waals surface area (Å²) in [6.07, 6.45) is 3.04. The van der Waals surface area contributed by atoms with Crippen LogP contribution in [0.3, 0.4) is 0 Å². The largest absolute Gasteiger partial charge is 0.341 e. The van der Waals surface area contributed by atoms with E-state index in [2.05, 4.69) is 34.9 Å². The number of amides is 2. The van der Waals surface area contributed by atoms with E-state index in [9.17, 15) is 4.79 Å². The molecule has 2 rings (SSSR count). The molecule has 15 heavy (non-hydrogen) atoms. The molecule has 1 aliphatic rings. The standard InChI is InChI=1S/C12H16N2O/c1-13-12(15)14-11-7-6-9-4-2-3-5-10(9)8-11/h2-5,11H,6-8H2,1H3,(H2,13,14,15). The molecule has 0 saturated heterocycles. The van der Waals surface area contributed by atoms with E-state index in [0.717, 1.165) is 19.3 Å². The van der Waals surface area contributed by atoms with Crippen molar-refractivity contribution in [3.63, 3.8) is 0 Å². The fourth-order valence-electron chi connectivity index (χ4n) is 2.08. The second kappa shape index (κ2) is 4.34. The van der Waals surface area contributed by atoms with Gasteiger partial charge in [0.25, 0.3) is 0 Å². The molecule has 0 aromatic heterocycles. The fourth-order valence-corrected chi connectivity index (χ4v) is 2.08. The maximum atomic E-state index is 11.2. The zero-order valence-electron chi connectivity index (χ0n) is 8.92. The molecule has 0 heterocycles. The fraction of sp³-hybridized carbons (Fsp3) is 0.417. The van der Waals surface area contributed by atoms with Crippen LogP contribution in [0.5, 0.6) is 0 Å². The van der Waals surface area contributed by atoms with Crippen LogP contribution >= 0.6 is 0 Å². The van der Waals surface area contributed by atoms with E-state index in [0.29, 0.717) is 0 Å². The van der Waals surface area contributed by atoms with Crippen LogP contribution in [0.15, 0.2) is 24.3 Å². The zero-order valence-corrected chi connectivity index (χ0v) is 8.92. The molecule has 2 amide bonds. The number of fused-ring (bicyclic) bond motifs is 1. The minimum absolute atomic E-state index is 0.0839. The Bertz CT molecular complexity index is 362. The number of benzene rings is 1. The van der Waals surface area contributed by atoms with Gasteiger partial charge in [0.15, 0.2) is 0 Å². The van der Waals surface area contributed by atoms with Crippen molar-refractivity contribution in [3.8, 4) is 0 Å². The van der Waals surface area contributed by atoms with Gasteiger partial charge >= 0.3 is 6.03 Å². The Hall–Kier alpha value is -1.51. The van der Waals surface area contributed by atoms with Gasteiger partial charge in [0.05, 0.1) is 0 Å². The summed E-state index contributed by atoms with van der Waals surface area (Å²) in [5.41, 5.74) is 2.79. The minimum atomic E-state index is -0.0839. The van der Waals surface area contributed by atoms with E-state index >= 15 is 0 Å². The molecule has 3 nitrogen and oxygen atoms in total. The molecule has 0 radical (unpaired) electrons. The Morgan fingerprint density at radius 1 is 1.33 bits per heavy atom. The predicted octanol–water partition coefficient (Wildman–Crippen LogP) is 1.47. The number of nitrogens with one attached hydrogen (secondary N) is 2. The van der Waals surface area contributed by atoms with E-state index in [1.54, 1.807) is 7.05 Å². The van der Waals surface area contributed by atoms with Gasteiger partial charge in [-0.2, -0.15) is 0 Å². The van der Waals surface area contributed by atoms with Gasteiger partial charge in [-0.25, -0.2) is 4.79 Å². The first-order chi connectivity index (χ1) is 7.29. The van der Waals surface area contributed by atoms with Crippen molar-refractivity contribution in [1.82, 2.24) is 10.6 Å². The summed E-state index contributed by atoms with van der Waals surface area (Å²) in [5.74, 6) is 0. The molecule has 1 aromatic carbocycles. The summed E-state index contributed by atoms with van der Waals surface area (Å²) in [5, 5.41) is 5.55. The van der Waals surface area contributed by atoms with Gasteiger partial charge in [-0.15, -0.1) is 0 Å². The lowest BCUT2D eigenvalue weighted by Gasteiger charge is -2.25. The molecule has 0 saturated carbocycles. The summed E-state index contributed by atoms with van der Waals surface area (Å²) >= 11 is 0. The van der Waals surface area contributed by atoms with Gasteiger partial charge in [-0.3, -0.25) is 0 Å². The summed E-state index contributed by atoms with van der Waals surface area (Å²) in [6.45, 7) is 0. The van der Waals surface area contributed by atoms with E-state index < -0.39 is 0 Å². The van der Waals surface area contributed by atoms with Gasteiger partial charge in [0, 0.05) is 13.1 Å². The van der Waals surface area contributed by atoms with Crippen molar-refractivity contribution < 1.29 is 4.79 Å². The average Bonchev–Trinajstić information content (AvgIpc) is 2.29. The third-order valence-electron chi connectivity index (χ3n) is 2.91. The molecule has 3 heteroatoms. The Morgan fingerprint density at radius 3 is 2.80 bits per heavy atom. The van der Waals surface area contributed by atoms with Crippen molar-refractivity contribution in [1.29, 1.82) is 0 Å². The minimum Gasteiger partial charge on any atom is -0.341 e. The SMILES string of the molecule is CNC(=O)NC1CCc2ccccc2C1. The van der Waals surface area contributed by atoms with Crippen LogP contribution in [0, 0.1) is 0 Å². The highest BCUT2D eigenvalue weighted by atomic mass is 16.2. The van der Waals surface area contributed by atoms with Crippen LogP contribution in [0.2, 0.25) is 0 Å². The van der Waals surface area contributed by atoms with Crippen LogP contribution in [0.4, 0.5) is 4.79 Å². The van der Waals surface area contributed by atoms with Crippen molar-refractivity contribution in [3.05, 3.63) is 35.4 Å². The number of hydrogen-bond donors (Lipinski definition) is 2. The second-order valence-corrected chi connectivity index (χ2v) is 3.93. The number of rotatable bonds is 1. The molecule has 1 atom stereocenters. The predicted molar refractivity (Wildman–Crippen MR) is 59.8 cm³/mol. The lowest BCUT2D eigenvalue weighted by Crippen LogP contribution is -2.43. The maximum Gasteiger partial charge on any atom is 0.314 e. The topological polar surface area (TPSA) is 41.1 Å². The van der Waals surface area contributed by atoms with E-state index in [4.69, 9.17) is 0 Å². The highest BCUT2D eigenvalue weighted by Crippen LogP contribution is 2.20. The first kappa shape index (κ1) is 10.0. The molecule has 0 spiro atoms. The van der Waals surface area contributed by atoms with Crippen LogP contribution < -0.4 is 10.6 Å². The van der Waals surface area contributed by atoms with Gasteiger partial charge in [0.1, 0.15) is 0 Å². The molecule has 0 fully saturated rings. The molecule has 80 valence electrons. The third-order valence-corrected chi connectivity index (χ3v) is 2.91. The maximum absolute atomic E-state index is 11.2. The molecule has 1 unspecified atom stereocenters. The van der Waals surface area contributed by atoms with E-state index in [1.807, 2.05) is 0 Å². The molecule has 2 N–H and O–H groups in total.